The summed E-state index contributed by atoms with van der Waals surface area (Å²) in [6.07, 6.45) is 14.9. The van der Waals surface area contributed by atoms with E-state index in [1.807, 2.05) is 6.20 Å². The Balaban J connectivity index is 2.02. The Morgan fingerprint density at radius 2 is 2.21 bits per heavy atom. The van der Waals surface area contributed by atoms with Crippen LogP contribution in [0.4, 0.5) is 0 Å². The molecule has 2 heteroatoms. The van der Waals surface area contributed by atoms with Crippen LogP contribution in [0.3, 0.4) is 0 Å². The van der Waals surface area contributed by atoms with Gasteiger partial charge >= 0.3 is 0 Å². The maximum Gasteiger partial charge on any atom is 0.0701 e. The molecule has 0 saturated heterocycles. The van der Waals surface area contributed by atoms with Crippen molar-refractivity contribution in [1.29, 1.82) is 0 Å². The maximum atomic E-state index is 3.50. The predicted molar refractivity (Wildman–Crippen MR) is 57.5 cm³/mol. The molecule has 0 bridgehead atoms. The Labute approximate surface area is 83.4 Å². The Kier molecular flexibility index (Phi) is 1.60. The number of hydrogen-bond acceptors (Lipinski definition) is 2. The molecule has 0 saturated carbocycles. The highest BCUT2D eigenvalue weighted by atomic mass is 15.0. The number of fused-ring (bicyclic) bond motifs is 1. The van der Waals surface area contributed by atoms with Crippen LogP contribution >= 0.6 is 0 Å². The van der Waals surface area contributed by atoms with Crippen LogP contribution in [0, 0.1) is 0 Å². The Morgan fingerprint density at radius 3 is 3.21 bits per heavy atom. The molecule has 2 heterocycles. The summed E-state index contributed by atoms with van der Waals surface area (Å²) < 4.78 is 0. The third kappa shape index (κ3) is 1.11. The van der Waals surface area contributed by atoms with Gasteiger partial charge in [-0.15, -0.1) is 0 Å². The summed E-state index contributed by atoms with van der Waals surface area (Å²) >= 11 is 0. The highest BCUT2D eigenvalue weighted by Gasteiger charge is 2.19. The molecule has 1 atom stereocenters. The lowest BCUT2D eigenvalue weighted by Crippen LogP contribution is -2.35. The fourth-order valence-electron chi connectivity index (χ4n) is 1.98. The number of nitrogens with one attached hydrogen (secondary N) is 2. The summed E-state index contributed by atoms with van der Waals surface area (Å²) in [7, 11) is 0. The summed E-state index contributed by atoms with van der Waals surface area (Å²) in [5, 5.41) is 6.72. The number of allylic oxidation sites excluding steroid dienone is 3. The predicted octanol–water partition coefficient (Wildman–Crippen LogP) is 1.38. The van der Waals surface area contributed by atoms with Crippen molar-refractivity contribution < 1.29 is 0 Å². The molecule has 3 rings (SSSR count). The van der Waals surface area contributed by atoms with Crippen molar-refractivity contribution in [3.63, 3.8) is 0 Å². The topological polar surface area (TPSA) is 24.1 Å². The van der Waals surface area contributed by atoms with Gasteiger partial charge in [0.25, 0.3) is 0 Å². The van der Waals surface area contributed by atoms with Crippen molar-refractivity contribution in [2.24, 2.45) is 0 Å². The van der Waals surface area contributed by atoms with Gasteiger partial charge in [0.1, 0.15) is 0 Å². The fraction of sp³-hybridized carbons (Fsp3) is 0.167. The van der Waals surface area contributed by atoms with Gasteiger partial charge in [-0.2, -0.15) is 0 Å². The average molecular weight is 184 g/mol. The smallest absolute Gasteiger partial charge is 0.0701 e. The van der Waals surface area contributed by atoms with Crippen molar-refractivity contribution in [3.05, 3.63) is 59.5 Å². The van der Waals surface area contributed by atoms with Crippen LogP contribution in [0.2, 0.25) is 0 Å². The molecule has 0 spiro atoms. The molecular formula is C12H12N2. The van der Waals surface area contributed by atoms with E-state index in [4.69, 9.17) is 0 Å². The van der Waals surface area contributed by atoms with E-state index in [2.05, 4.69) is 47.1 Å². The van der Waals surface area contributed by atoms with E-state index in [-0.39, 0.29) is 0 Å². The molecule has 3 aliphatic rings. The quantitative estimate of drug-likeness (QED) is 0.594. The molecule has 14 heavy (non-hydrogen) atoms. The first-order valence-corrected chi connectivity index (χ1v) is 4.89. The molecule has 2 aliphatic heterocycles. The zero-order chi connectivity index (χ0) is 9.38. The lowest BCUT2D eigenvalue weighted by molar-refractivity contribution is 0.730. The fourth-order valence-corrected chi connectivity index (χ4v) is 1.98. The first-order valence-electron chi connectivity index (χ1n) is 4.89. The third-order valence-electron chi connectivity index (χ3n) is 2.72. The Hall–Kier alpha value is -1.70. The van der Waals surface area contributed by atoms with Crippen molar-refractivity contribution in [1.82, 2.24) is 10.6 Å². The molecule has 2 nitrogen and oxygen atoms in total. The molecule has 0 aromatic rings. The highest BCUT2D eigenvalue weighted by molar-refractivity contribution is 5.50. The Bertz CT molecular complexity index is 408. The summed E-state index contributed by atoms with van der Waals surface area (Å²) in [6.45, 7) is 0.923. The van der Waals surface area contributed by atoms with Gasteiger partial charge < -0.3 is 10.6 Å². The molecular weight excluding hydrogens is 172 g/mol. The van der Waals surface area contributed by atoms with Gasteiger partial charge in [-0.3, -0.25) is 0 Å². The van der Waals surface area contributed by atoms with Gasteiger partial charge in [-0.05, 0) is 29.5 Å². The minimum absolute atomic E-state index is 0.362. The minimum atomic E-state index is 0.362. The molecule has 0 aromatic carbocycles. The second kappa shape index (κ2) is 2.91. The maximum absolute atomic E-state index is 3.50. The zero-order valence-corrected chi connectivity index (χ0v) is 7.83. The molecule has 2 N–H and O–H groups in total. The van der Waals surface area contributed by atoms with Crippen molar-refractivity contribution in [3.8, 4) is 0 Å². The van der Waals surface area contributed by atoms with Crippen LogP contribution in [0.1, 0.15) is 0 Å². The first-order chi connectivity index (χ1) is 6.93. The van der Waals surface area contributed by atoms with Crippen molar-refractivity contribution >= 4 is 0 Å². The van der Waals surface area contributed by atoms with Crippen LogP contribution in [0.15, 0.2) is 59.5 Å². The SMILES string of the molecule is C1=CC2=CC3=C(C=CNC3)NC2C=C1. The van der Waals surface area contributed by atoms with Gasteiger partial charge in [0, 0.05) is 12.2 Å². The molecule has 1 aliphatic carbocycles. The van der Waals surface area contributed by atoms with Crippen LogP contribution in [0.5, 0.6) is 0 Å². The van der Waals surface area contributed by atoms with E-state index >= 15 is 0 Å². The van der Waals surface area contributed by atoms with Gasteiger partial charge in [-0.1, -0.05) is 24.3 Å². The largest absolute Gasteiger partial charge is 0.387 e. The van der Waals surface area contributed by atoms with E-state index in [0.29, 0.717) is 6.04 Å². The lowest BCUT2D eigenvalue weighted by Gasteiger charge is -2.28. The minimum Gasteiger partial charge on any atom is -0.387 e. The first kappa shape index (κ1) is 7.68. The second-order valence-electron chi connectivity index (χ2n) is 3.66. The number of hydrogen-bond donors (Lipinski definition) is 2. The van der Waals surface area contributed by atoms with Crippen LogP contribution < -0.4 is 10.6 Å². The van der Waals surface area contributed by atoms with E-state index in [1.54, 1.807) is 0 Å². The van der Waals surface area contributed by atoms with Crippen LogP contribution in [0.25, 0.3) is 0 Å². The number of dihydropyridines is 2. The second-order valence-corrected chi connectivity index (χ2v) is 3.66. The molecule has 70 valence electrons. The molecule has 0 radical (unpaired) electrons. The Morgan fingerprint density at radius 1 is 1.21 bits per heavy atom. The normalized spacial score (nSPS) is 27.4. The summed E-state index contributed by atoms with van der Waals surface area (Å²) in [5.41, 5.74) is 3.94. The molecule has 0 amide bonds. The summed E-state index contributed by atoms with van der Waals surface area (Å²) in [4.78, 5) is 0. The van der Waals surface area contributed by atoms with Crippen LogP contribution in [-0.4, -0.2) is 12.6 Å². The standard InChI is InChI=1S/C12H12N2/c1-2-4-11-9(3-1)7-10-8-13-6-5-12(10)14-11/h1-7,11,13-14H,8H2. The highest BCUT2D eigenvalue weighted by Crippen LogP contribution is 2.23. The monoisotopic (exact) mass is 184 g/mol. The third-order valence-corrected chi connectivity index (χ3v) is 2.72. The van der Waals surface area contributed by atoms with E-state index in [0.717, 1.165) is 6.54 Å². The molecule has 0 aromatic heterocycles. The lowest BCUT2D eigenvalue weighted by atomic mass is 9.94. The summed E-state index contributed by atoms with van der Waals surface area (Å²) in [6, 6.07) is 0.362. The van der Waals surface area contributed by atoms with E-state index in [9.17, 15) is 0 Å². The molecule has 1 unspecified atom stereocenters. The number of rotatable bonds is 0. The zero-order valence-electron chi connectivity index (χ0n) is 7.83. The summed E-state index contributed by atoms with van der Waals surface area (Å²) in [5.74, 6) is 0. The van der Waals surface area contributed by atoms with Gasteiger partial charge in [-0.25, -0.2) is 0 Å². The van der Waals surface area contributed by atoms with Crippen molar-refractivity contribution in [2.45, 2.75) is 6.04 Å². The van der Waals surface area contributed by atoms with Gasteiger partial charge in [0.05, 0.1) is 6.04 Å². The van der Waals surface area contributed by atoms with Crippen molar-refractivity contribution in [2.75, 3.05) is 6.54 Å². The van der Waals surface area contributed by atoms with Gasteiger partial charge in [0.2, 0.25) is 0 Å². The van der Waals surface area contributed by atoms with E-state index < -0.39 is 0 Å². The van der Waals surface area contributed by atoms with E-state index in [1.165, 1.54) is 16.8 Å². The molecule has 0 fully saturated rings. The van der Waals surface area contributed by atoms with Gasteiger partial charge in [0.15, 0.2) is 0 Å². The average Bonchev–Trinajstić information content (AvgIpc) is 2.26. The van der Waals surface area contributed by atoms with Crippen LogP contribution in [-0.2, 0) is 0 Å².